The molecule has 1 aromatic carbocycles. The van der Waals surface area contributed by atoms with Gasteiger partial charge >= 0.3 is 0 Å². The monoisotopic (exact) mass is 400 g/mol. The number of fused-ring (bicyclic) bond motifs is 1. The Labute approximate surface area is 170 Å². The van der Waals surface area contributed by atoms with E-state index < -0.39 is 6.29 Å². The maximum atomic E-state index is 12.6. The molecule has 1 aromatic heterocycles. The van der Waals surface area contributed by atoms with Gasteiger partial charge in [0.05, 0.1) is 12.1 Å². The molecule has 0 aliphatic carbocycles. The fraction of sp³-hybridized carbons (Fsp3) is 0.455. The van der Waals surface area contributed by atoms with E-state index in [-0.39, 0.29) is 30.1 Å². The molecule has 2 heterocycles. The van der Waals surface area contributed by atoms with Crippen molar-refractivity contribution in [3.05, 3.63) is 47.9 Å². The second-order valence-corrected chi connectivity index (χ2v) is 7.41. The molecule has 156 valence electrons. The fourth-order valence-electron chi connectivity index (χ4n) is 3.54. The molecular weight excluding hydrogens is 372 g/mol. The summed E-state index contributed by atoms with van der Waals surface area (Å²) in [5, 5.41) is 9.92. The highest BCUT2D eigenvalue weighted by Crippen LogP contribution is 2.36. The third-order valence-corrected chi connectivity index (χ3v) is 5.01. The molecule has 2 atom stereocenters. The number of para-hydroxylation sites is 1. The Morgan fingerprint density at radius 2 is 2.03 bits per heavy atom. The Morgan fingerprint density at radius 3 is 2.72 bits per heavy atom. The first-order valence-corrected chi connectivity index (χ1v) is 9.86. The highest BCUT2D eigenvalue weighted by molar-refractivity contribution is 5.95. The maximum Gasteiger partial charge on any atom is 0.288 e. The standard InChI is InChI=1S/C22H28N2O5/c1-15(26)24-14-18(17-8-4-5-9-19(17)24)16-12-20(22(27)23(2)3)29-21(13-16)28-11-7-6-10-25/h4-5,8-9,12,14,16,21,25H,6-7,10-11,13H2,1-3H3/t16-,21+/m1/s1. The van der Waals surface area contributed by atoms with Crippen LogP contribution >= 0.6 is 0 Å². The molecule has 1 amide bonds. The molecule has 0 saturated heterocycles. The zero-order chi connectivity index (χ0) is 21.0. The van der Waals surface area contributed by atoms with Crippen LogP contribution in [0.1, 0.15) is 42.5 Å². The highest BCUT2D eigenvalue weighted by atomic mass is 16.7. The first-order chi connectivity index (χ1) is 13.9. The zero-order valence-corrected chi connectivity index (χ0v) is 17.1. The third kappa shape index (κ3) is 4.68. The molecule has 2 aromatic rings. The molecule has 0 saturated carbocycles. The van der Waals surface area contributed by atoms with Gasteiger partial charge in [-0.3, -0.25) is 14.2 Å². The van der Waals surface area contributed by atoms with E-state index in [0.717, 1.165) is 16.5 Å². The first-order valence-electron chi connectivity index (χ1n) is 9.86. The minimum absolute atomic E-state index is 0.0649. The van der Waals surface area contributed by atoms with Crippen LogP contribution in [0, 0.1) is 0 Å². The lowest BCUT2D eigenvalue weighted by Gasteiger charge is -2.30. The number of benzene rings is 1. The number of allylic oxidation sites excluding steroid dienone is 1. The van der Waals surface area contributed by atoms with E-state index in [1.54, 1.807) is 18.7 Å². The topological polar surface area (TPSA) is 81.0 Å². The second kappa shape index (κ2) is 9.24. The van der Waals surface area contributed by atoms with Gasteiger partial charge in [-0.15, -0.1) is 0 Å². The van der Waals surface area contributed by atoms with Crippen LogP contribution in [0.4, 0.5) is 0 Å². The van der Waals surface area contributed by atoms with Crippen molar-refractivity contribution in [2.75, 3.05) is 27.3 Å². The van der Waals surface area contributed by atoms with Crippen molar-refractivity contribution in [1.82, 2.24) is 9.47 Å². The van der Waals surface area contributed by atoms with Gasteiger partial charge in [0.15, 0.2) is 5.76 Å². The van der Waals surface area contributed by atoms with Crippen molar-refractivity contribution in [3.8, 4) is 0 Å². The van der Waals surface area contributed by atoms with Crippen molar-refractivity contribution in [2.24, 2.45) is 0 Å². The van der Waals surface area contributed by atoms with Gasteiger partial charge in [-0.2, -0.15) is 0 Å². The lowest BCUT2D eigenvalue weighted by Crippen LogP contribution is -2.32. The van der Waals surface area contributed by atoms with Gasteiger partial charge in [0, 0.05) is 51.5 Å². The maximum absolute atomic E-state index is 12.6. The van der Waals surface area contributed by atoms with E-state index in [0.29, 0.717) is 25.9 Å². The summed E-state index contributed by atoms with van der Waals surface area (Å²) in [5.74, 6) is -0.173. The number of aliphatic hydroxyl groups is 1. The molecule has 7 nitrogen and oxygen atoms in total. The minimum Gasteiger partial charge on any atom is -0.459 e. The van der Waals surface area contributed by atoms with E-state index in [9.17, 15) is 9.59 Å². The Hall–Kier alpha value is -2.64. The molecule has 3 rings (SSSR count). The quantitative estimate of drug-likeness (QED) is 0.723. The summed E-state index contributed by atoms with van der Waals surface area (Å²) < 4.78 is 13.3. The smallest absolute Gasteiger partial charge is 0.288 e. The van der Waals surface area contributed by atoms with Crippen molar-refractivity contribution in [1.29, 1.82) is 0 Å². The molecule has 0 spiro atoms. The summed E-state index contributed by atoms with van der Waals surface area (Å²) in [4.78, 5) is 26.1. The predicted molar refractivity (Wildman–Crippen MR) is 110 cm³/mol. The van der Waals surface area contributed by atoms with E-state index >= 15 is 0 Å². The normalized spacial score (nSPS) is 19.0. The second-order valence-electron chi connectivity index (χ2n) is 7.41. The van der Waals surface area contributed by atoms with Gasteiger partial charge < -0.3 is 19.5 Å². The molecule has 1 N–H and O–H groups in total. The van der Waals surface area contributed by atoms with Crippen LogP contribution in [0.25, 0.3) is 10.9 Å². The zero-order valence-electron chi connectivity index (χ0n) is 17.1. The van der Waals surface area contributed by atoms with E-state index in [2.05, 4.69) is 0 Å². The van der Waals surface area contributed by atoms with Crippen molar-refractivity contribution < 1.29 is 24.2 Å². The third-order valence-electron chi connectivity index (χ3n) is 5.01. The molecule has 0 bridgehead atoms. The van der Waals surface area contributed by atoms with E-state index in [1.165, 1.54) is 11.8 Å². The number of aliphatic hydroxyl groups excluding tert-OH is 1. The number of carbonyl (C=O) groups excluding carboxylic acids is 2. The van der Waals surface area contributed by atoms with Crippen LogP contribution in [-0.2, 0) is 14.3 Å². The summed E-state index contributed by atoms with van der Waals surface area (Å²) in [6.45, 7) is 2.09. The molecule has 0 fully saturated rings. The number of aromatic nitrogens is 1. The molecule has 7 heteroatoms. The van der Waals surface area contributed by atoms with Crippen LogP contribution in [0.5, 0.6) is 0 Å². The Bertz CT molecular complexity index is 915. The lowest BCUT2D eigenvalue weighted by molar-refractivity contribution is -0.151. The number of ether oxygens (including phenoxy) is 2. The number of nitrogens with zero attached hydrogens (tertiary/aromatic N) is 2. The molecule has 1 aliphatic heterocycles. The number of amides is 1. The molecular formula is C22H28N2O5. The lowest BCUT2D eigenvalue weighted by atomic mass is 9.92. The Kier molecular flexibility index (Phi) is 6.71. The van der Waals surface area contributed by atoms with Crippen LogP contribution in [0.15, 0.2) is 42.3 Å². The van der Waals surface area contributed by atoms with Gasteiger partial charge in [-0.05, 0) is 30.5 Å². The number of likely N-dealkylation sites (N-methyl/N-ethyl adjacent to an activating group) is 1. The number of rotatable bonds is 7. The summed E-state index contributed by atoms with van der Waals surface area (Å²) in [5.41, 5.74) is 1.81. The predicted octanol–water partition coefficient (Wildman–Crippen LogP) is 2.89. The first kappa shape index (κ1) is 21.1. The number of unbranched alkanes of at least 4 members (excludes halogenated alkanes) is 1. The highest BCUT2D eigenvalue weighted by Gasteiger charge is 2.31. The number of hydrogen-bond donors (Lipinski definition) is 1. The van der Waals surface area contributed by atoms with Gasteiger partial charge in [0.2, 0.25) is 12.2 Å². The molecule has 29 heavy (non-hydrogen) atoms. The molecule has 1 aliphatic rings. The molecule has 0 radical (unpaired) electrons. The largest absolute Gasteiger partial charge is 0.459 e. The van der Waals surface area contributed by atoms with Crippen LogP contribution in [-0.4, -0.2) is 60.0 Å². The average molecular weight is 400 g/mol. The average Bonchev–Trinajstić information content (AvgIpc) is 3.10. The van der Waals surface area contributed by atoms with E-state index in [1.807, 2.05) is 36.5 Å². The summed E-state index contributed by atoms with van der Waals surface area (Å²) in [6.07, 6.45) is 5.01. The van der Waals surface area contributed by atoms with Gasteiger partial charge in [0.25, 0.3) is 5.91 Å². The Morgan fingerprint density at radius 1 is 1.28 bits per heavy atom. The van der Waals surface area contributed by atoms with Crippen molar-refractivity contribution in [2.45, 2.75) is 38.4 Å². The molecule has 0 unspecified atom stereocenters. The minimum atomic E-state index is -0.568. The Balaban J connectivity index is 1.95. The number of carbonyl (C=O) groups is 2. The van der Waals surface area contributed by atoms with Crippen molar-refractivity contribution >= 4 is 22.7 Å². The van der Waals surface area contributed by atoms with Crippen molar-refractivity contribution in [3.63, 3.8) is 0 Å². The summed E-state index contributed by atoms with van der Waals surface area (Å²) in [6, 6.07) is 7.74. The SMILES string of the molecule is CC(=O)n1cc([C@@H]2C=C(C(=O)N(C)C)O[C@H](OCCCCO)C2)c2ccccc21. The van der Waals surface area contributed by atoms with Gasteiger partial charge in [-0.1, -0.05) is 18.2 Å². The van der Waals surface area contributed by atoms with Gasteiger partial charge in [0.1, 0.15) is 0 Å². The summed E-state index contributed by atoms with van der Waals surface area (Å²) in [7, 11) is 3.35. The number of hydrogen-bond acceptors (Lipinski definition) is 5. The van der Waals surface area contributed by atoms with E-state index in [4.69, 9.17) is 14.6 Å². The summed E-state index contributed by atoms with van der Waals surface area (Å²) >= 11 is 0. The van der Waals surface area contributed by atoms with Crippen LogP contribution < -0.4 is 0 Å². The van der Waals surface area contributed by atoms with Gasteiger partial charge in [-0.25, -0.2) is 0 Å². The van der Waals surface area contributed by atoms with Crippen LogP contribution in [0.2, 0.25) is 0 Å². The van der Waals surface area contributed by atoms with Crippen LogP contribution in [0.3, 0.4) is 0 Å². The fourth-order valence-corrected chi connectivity index (χ4v) is 3.54.